The average Bonchev–Trinajstić information content (AvgIpc) is 2.71. The Hall–Kier alpha value is -1.84. The second-order valence-electron chi connectivity index (χ2n) is 8.33. The fourth-order valence-electron chi connectivity index (χ4n) is 3.08. The van der Waals surface area contributed by atoms with Crippen molar-refractivity contribution in [3.8, 4) is 5.75 Å². The molecule has 0 heterocycles. The van der Waals surface area contributed by atoms with Gasteiger partial charge in [0.1, 0.15) is 5.75 Å². The Labute approximate surface area is 177 Å². The van der Waals surface area contributed by atoms with Gasteiger partial charge in [-0.1, -0.05) is 83.8 Å². The van der Waals surface area contributed by atoms with E-state index in [1.165, 1.54) is 51.4 Å². The maximum Gasteiger partial charge on any atom is 0.328 e. The molecule has 0 saturated carbocycles. The molecule has 0 aromatic heterocycles. The maximum absolute atomic E-state index is 12.5. The van der Waals surface area contributed by atoms with Gasteiger partial charge in [-0.2, -0.15) is 0 Å². The maximum atomic E-state index is 12.5. The van der Waals surface area contributed by atoms with Crippen molar-refractivity contribution < 1.29 is 19.1 Å². The lowest BCUT2D eigenvalue weighted by atomic mass is 9.94. The standard InChI is InChI=1S/C25H40O4/c1-5-7-8-9-10-11-12-13-14-15-19-28-23(26)25(3,4)24(27)29-22-18-16-17-21(6-2)20-22/h16-18,20H,5-15,19H2,1-4H3. The molecule has 0 aliphatic heterocycles. The first kappa shape index (κ1) is 25.2. The van der Waals surface area contributed by atoms with Crippen LogP contribution in [-0.2, 0) is 20.7 Å². The van der Waals surface area contributed by atoms with Gasteiger partial charge in [0.2, 0.25) is 0 Å². The molecule has 0 radical (unpaired) electrons. The van der Waals surface area contributed by atoms with Crippen molar-refractivity contribution in [1.82, 2.24) is 0 Å². The van der Waals surface area contributed by atoms with E-state index in [2.05, 4.69) is 6.92 Å². The third kappa shape index (κ3) is 9.96. The topological polar surface area (TPSA) is 52.6 Å². The van der Waals surface area contributed by atoms with Gasteiger partial charge in [-0.25, -0.2) is 0 Å². The molecular formula is C25H40O4. The number of carbonyl (C=O) groups excluding carboxylic acids is 2. The molecule has 0 atom stereocenters. The van der Waals surface area contributed by atoms with Crippen molar-refractivity contribution in [2.75, 3.05) is 6.61 Å². The van der Waals surface area contributed by atoms with Gasteiger partial charge in [-0.3, -0.25) is 9.59 Å². The zero-order chi connectivity index (χ0) is 21.5. The molecule has 164 valence electrons. The highest BCUT2D eigenvalue weighted by Crippen LogP contribution is 2.23. The van der Waals surface area contributed by atoms with Gasteiger partial charge in [-0.05, 0) is 44.4 Å². The summed E-state index contributed by atoms with van der Waals surface area (Å²) in [7, 11) is 0. The Morgan fingerprint density at radius 3 is 2.00 bits per heavy atom. The van der Waals surface area contributed by atoms with E-state index in [9.17, 15) is 9.59 Å². The fraction of sp³-hybridized carbons (Fsp3) is 0.680. The van der Waals surface area contributed by atoms with Gasteiger partial charge in [-0.15, -0.1) is 0 Å². The van der Waals surface area contributed by atoms with Crippen LogP contribution >= 0.6 is 0 Å². The van der Waals surface area contributed by atoms with Crippen LogP contribution in [0.5, 0.6) is 5.75 Å². The molecular weight excluding hydrogens is 364 g/mol. The van der Waals surface area contributed by atoms with Gasteiger partial charge in [0.05, 0.1) is 6.61 Å². The van der Waals surface area contributed by atoms with Crippen LogP contribution in [0.4, 0.5) is 0 Å². The lowest BCUT2D eigenvalue weighted by molar-refractivity contribution is -0.164. The normalized spacial score (nSPS) is 11.3. The molecule has 0 fully saturated rings. The summed E-state index contributed by atoms with van der Waals surface area (Å²) in [6.45, 7) is 7.75. The molecule has 29 heavy (non-hydrogen) atoms. The summed E-state index contributed by atoms with van der Waals surface area (Å²) in [6, 6.07) is 7.37. The highest BCUT2D eigenvalue weighted by Gasteiger charge is 2.39. The fourth-order valence-corrected chi connectivity index (χ4v) is 3.08. The summed E-state index contributed by atoms with van der Waals surface area (Å²) in [5, 5.41) is 0. The summed E-state index contributed by atoms with van der Waals surface area (Å²) in [5.74, 6) is -0.645. The summed E-state index contributed by atoms with van der Waals surface area (Å²) >= 11 is 0. The molecule has 4 heteroatoms. The smallest absolute Gasteiger partial charge is 0.328 e. The third-order valence-electron chi connectivity index (χ3n) is 5.27. The molecule has 0 bridgehead atoms. The number of aryl methyl sites for hydroxylation is 1. The number of unbranched alkanes of at least 4 members (excludes halogenated alkanes) is 9. The molecule has 1 aromatic carbocycles. The van der Waals surface area contributed by atoms with Crippen LogP contribution in [0.2, 0.25) is 0 Å². The average molecular weight is 405 g/mol. The van der Waals surface area contributed by atoms with Gasteiger partial charge < -0.3 is 9.47 Å². The van der Waals surface area contributed by atoms with E-state index < -0.39 is 17.4 Å². The highest BCUT2D eigenvalue weighted by molar-refractivity contribution is 5.99. The molecule has 0 amide bonds. The van der Waals surface area contributed by atoms with Crippen molar-refractivity contribution in [1.29, 1.82) is 0 Å². The minimum absolute atomic E-state index is 0.358. The molecule has 0 saturated heterocycles. The zero-order valence-corrected chi connectivity index (χ0v) is 18.9. The highest BCUT2D eigenvalue weighted by atomic mass is 16.6. The van der Waals surface area contributed by atoms with Crippen molar-refractivity contribution in [3.63, 3.8) is 0 Å². The number of carbonyl (C=O) groups is 2. The van der Waals surface area contributed by atoms with Gasteiger partial charge in [0, 0.05) is 0 Å². The minimum Gasteiger partial charge on any atom is -0.465 e. The molecule has 0 aliphatic carbocycles. The SMILES string of the molecule is CCCCCCCCCCCCOC(=O)C(C)(C)C(=O)Oc1cccc(CC)c1. The van der Waals surface area contributed by atoms with Crippen molar-refractivity contribution in [2.45, 2.75) is 98.3 Å². The first-order chi connectivity index (χ1) is 13.9. The van der Waals surface area contributed by atoms with Crippen molar-refractivity contribution in [3.05, 3.63) is 29.8 Å². The molecule has 1 aromatic rings. The summed E-state index contributed by atoms with van der Waals surface area (Å²) in [5.41, 5.74) is -0.239. The lowest BCUT2D eigenvalue weighted by Crippen LogP contribution is -2.38. The van der Waals surface area contributed by atoms with E-state index in [1.54, 1.807) is 19.9 Å². The second-order valence-corrected chi connectivity index (χ2v) is 8.33. The van der Waals surface area contributed by atoms with Crippen LogP contribution in [0.25, 0.3) is 0 Å². The number of hydrogen-bond donors (Lipinski definition) is 0. The van der Waals surface area contributed by atoms with Crippen LogP contribution in [-0.4, -0.2) is 18.5 Å². The molecule has 0 spiro atoms. The monoisotopic (exact) mass is 404 g/mol. The van der Waals surface area contributed by atoms with E-state index in [1.807, 2.05) is 25.1 Å². The first-order valence-corrected chi connectivity index (χ1v) is 11.4. The van der Waals surface area contributed by atoms with Crippen LogP contribution < -0.4 is 4.74 Å². The van der Waals surface area contributed by atoms with Gasteiger partial charge >= 0.3 is 11.9 Å². The van der Waals surface area contributed by atoms with E-state index >= 15 is 0 Å². The number of rotatable bonds is 15. The van der Waals surface area contributed by atoms with Crippen LogP contribution in [0.1, 0.15) is 97.5 Å². The summed E-state index contributed by atoms with van der Waals surface area (Å²) in [4.78, 5) is 24.8. The zero-order valence-electron chi connectivity index (χ0n) is 18.9. The van der Waals surface area contributed by atoms with E-state index in [0.717, 1.165) is 24.8 Å². The Kier molecular flexibility index (Phi) is 12.3. The van der Waals surface area contributed by atoms with Crippen LogP contribution in [0.15, 0.2) is 24.3 Å². The van der Waals surface area contributed by atoms with Crippen molar-refractivity contribution in [2.24, 2.45) is 5.41 Å². The quantitative estimate of drug-likeness (QED) is 0.142. The summed E-state index contributed by atoms with van der Waals surface area (Å²) in [6.07, 6.45) is 13.1. The predicted molar refractivity (Wildman–Crippen MR) is 118 cm³/mol. The van der Waals surface area contributed by atoms with Gasteiger partial charge in [0.15, 0.2) is 5.41 Å². The Morgan fingerprint density at radius 2 is 1.41 bits per heavy atom. The first-order valence-electron chi connectivity index (χ1n) is 11.4. The van der Waals surface area contributed by atoms with E-state index in [0.29, 0.717) is 12.4 Å². The predicted octanol–water partition coefficient (Wildman–Crippen LogP) is 6.64. The molecule has 0 aliphatic rings. The lowest BCUT2D eigenvalue weighted by Gasteiger charge is -2.20. The Bertz CT molecular complexity index is 607. The number of benzene rings is 1. The molecule has 1 rings (SSSR count). The van der Waals surface area contributed by atoms with Crippen LogP contribution in [0, 0.1) is 5.41 Å². The Balaban J connectivity index is 2.22. The number of ether oxygens (including phenoxy) is 2. The number of esters is 2. The molecule has 4 nitrogen and oxygen atoms in total. The number of hydrogen-bond acceptors (Lipinski definition) is 4. The minimum atomic E-state index is -1.32. The molecule has 0 unspecified atom stereocenters. The summed E-state index contributed by atoms with van der Waals surface area (Å²) < 4.78 is 10.8. The molecule has 0 N–H and O–H groups in total. The van der Waals surface area contributed by atoms with E-state index in [4.69, 9.17) is 9.47 Å². The van der Waals surface area contributed by atoms with Crippen LogP contribution in [0.3, 0.4) is 0 Å². The second kappa shape index (κ2) is 14.2. The van der Waals surface area contributed by atoms with Crippen molar-refractivity contribution >= 4 is 11.9 Å². The van der Waals surface area contributed by atoms with Gasteiger partial charge in [0.25, 0.3) is 0 Å². The Morgan fingerprint density at radius 1 is 0.828 bits per heavy atom. The third-order valence-corrected chi connectivity index (χ3v) is 5.27. The van der Waals surface area contributed by atoms with E-state index in [-0.39, 0.29) is 0 Å². The largest absolute Gasteiger partial charge is 0.465 e.